The molecule has 2 rings (SSSR count). The first kappa shape index (κ1) is 19.3. The van der Waals surface area contributed by atoms with Crippen LogP contribution >= 0.6 is 0 Å². The topological polar surface area (TPSA) is 70.7 Å². The van der Waals surface area contributed by atoms with E-state index in [1.54, 1.807) is 12.1 Å². The fourth-order valence-corrected chi connectivity index (χ4v) is 2.86. The van der Waals surface area contributed by atoms with Crippen LogP contribution in [0.3, 0.4) is 0 Å². The van der Waals surface area contributed by atoms with Crippen molar-refractivity contribution in [3.8, 4) is 0 Å². The monoisotopic (exact) mass is 355 g/mol. The van der Waals surface area contributed by atoms with Crippen LogP contribution in [-0.4, -0.2) is 55.0 Å². The molecule has 6 nitrogen and oxygen atoms in total. The average molecular weight is 355 g/mol. The Balaban J connectivity index is 2.00. The van der Waals surface area contributed by atoms with Crippen LogP contribution in [0.5, 0.6) is 0 Å². The minimum atomic E-state index is -2.70. The van der Waals surface area contributed by atoms with Gasteiger partial charge in [0.2, 0.25) is 0 Å². The highest BCUT2D eigenvalue weighted by molar-refractivity contribution is 6.39. The molecule has 2 N–H and O–H groups in total. The van der Waals surface area contributed by atoms with Crippen molar-refractivity contribution in [3.63, 3.8) is 0 Å². The Morgan fingerprint density at radius 1 is 1.20 bits per heavy atom. The molecule has 1 aromatic carbocycles. The Morgan fingerprint density at radius 2 is 1.84 bits per heavy atom. The first-order valence-electron chi connectivity index (χ1n) is 8.18. The van der Waals surface area contributed by atoms with Crippen molar-refractivity contribution >= 4 is 17.5 Å². The summed E-state index contributed by atoms with van der Waals surface area (Å²) >= 11 is 0. The van der Waals surface area contributed by atoms with Crippen molar-refractivity contribution in [3.05, 3.63) is 29.8 Å². The molecule has 0 aliphatic carbocycles. The molecule has 1 heterocycles. The fourth-order valence-electron chi connectivity index (χ4n) is 2.86. The highest BCUT2D eigenvalue weighted by atomic mass is 19.3. The summed E-state index contributed by atoms with van der Waals surface area (Å²) in [5, 5.41) is 4.38. The number of alkyl halides is 2. The normalized spacial score (nSPS) is 21.2. The van der Waals surface area contributed by atoms with Crippen LogP contribution in [-0.2, 0) is 20.9 Å². The van der Waals surface area contributed by atoms with Gasteiger partial charge < -0.3 is 15.4 Å². The Bertz CT molecular complexity index is 603. The van der Waals surface area contributed by atoms with Crippen LogP contribution in [0, 0.1) is 0 Å². The van der Waals surface area contributed by atoms with E-state index in [9.17, 15) is 18.4 Å². The molecule has 0 radical (unpaired) electrons. The van der Waals surface area contributed by atoms with Crippen LogP contribution < -0.4 is 10.6 Å². The summed E-state index contributed by atoms with van der Waals surface area (Å²) in [7, 11) is 0. The summed E-state index contributed by atoms with van der Waals surface area (Å²) in [6, 6.07) is 7.12. The Morgan fingerprint density at radius 3 is 2.48 bits per heavy atom. The zero-order valence-electron chi connectivity index (χ0n) is 14.3. The molecule has 8 heteroatoms. The number of carbonyl (C=O) groups excluding carboxylic acids is 2. The average Bonchev–Trinajstić information content (AvgIpc) is 2.53. The van der Waals surface area contributed by atoms with Crippen molar-refractivity contribution in [2.45, 2.75) is 39.0 Å². The predicted octanol–water partition coefficient (Wildman–Crippen LogP) is 1.62. The number of nitrogens with zero attached hydrogens (tertiary/aromatic N) is 1. The number of hydrogen-bond donors (Lipinski definition) is 2. The number of ether oxygens (including phenoxy) is 1. The van der Waals surface area contributed by atoms with Gasteiger partial charge in [-0.15, -0.1) is 0 Å². The highest BCUT2D eigenvalue weighted by Crippen LogP contribution is 2.20. The van der Waals surface area contributed by atoms with E-state index in [4.69, 9.17) is 4.74 Å². The molecule has 1 aliphatic heterocycles. The summed E-state index contributed by atoms with van der Waals surface area (Å²) < 4.78 is 29.9. The zero-order valence-corrected chi connectivity index (χ0v) is 14.3. The second kappa shape index (κ2) is 8.87. The van der Waals surface area contributed by atoms with Gasteiger partial charge in [0.25, 0.3) is 6.43 Å². The van der Waals surface area contributed by atoms with E-state index in [1.165, 1.54) is 0 Å². The maximum atomic E-state index is 12.1. The van der Waals surface area contributed by atoms with Gasteiger partial charge in [-0.05, 0) is 25.5 Å². The highest BCUT2D eigenvalue weighted by Gasteiger charge is 2.23. The molecule has 0 spiro atoms. The van der Waals surface area contributed by atoms with Crippen molar-refractivity contribution in [1.82, 2.24) is 10.2 Å². The lowest BCUT2D eigenvalue weighted by molar-refractivity contribution is -0.136. The van der Waals surface area contributed by atoms with Crippen LogP contribution in [0.25, 0.3) is 0 Å². The summed E-state index contributed by atoms with van der Waals surface area (Å²) in [5.41, 5.74) is 1.34. The van der Waals surface area contributed by atoms with Crippen LogP contribution in [0.2, 0.25) is 0 Å². The molecule has 138 valence electrons. The van der Waals surface area contributed by atoms with Crippen molar-refractivity contribution in [2.75, 3.05) is 25.0 Å². The van der Waals surface area contributed by atoms with E-state index in [-0.39, 0.29) is 12.2 Å². The number of rotatable bonds is 5. The molecular formula is C17H23F2N3O3. The maximum absolute atomic E-state index is 12.1. The fraction of sp³-hybridized carbons (Fsp3) is 0.529. The molecule has 2 amide bonds. The lowest BCUT2D eigenvalue weighted by Gasteiger charge is -2.35. The molecule has 2 unspecified atom stereocenters. The standard InChI is InChI=1S/C17H23F2N3O3/c1-11-8-22(9-12(2)25-11)10-13-5-3-4-6-14(13)21-17(24)16(23)20-7-15(18)19/h3-6,11-12,15H,7-10H2,1-2H3,(H,20,23)(H,21,24). The van der Waals surface area contributed by atoms with E-state index in [0.29, 0.717) is 12.2 Å². The van der Waals surface area contributed by atoms with E-state index in [2.05, 4.69) is 10.2 Å². The number of carbonyl (C=O) groups is 2. The predicted molar refractivity (Wildman–Crippen MR) is 89.4 cm³/mol. The lowest BCUT2D eigenvalue weighted by atomic mass is 10.1. The van der Waals surface area contributed by atoms with Gasteiger partial charge in [-0.3, -0.25) is 14.5 Å². The van der Waals surface area contributed by atoms with Gasteiger partial charge in [0.05, 0.1) is 18.8 Å². The summed E-state index contributed by atoms with van der Waals surface area (Å²) in [5.74, 6) is -2.04. The third-order valence-corrected chi connectivity index (χ3v) is 3.78. The molecule has 1 aromatic rings. The summed E-state index contributed by atoms with van der Waals surface area (Å²) in [6.07, 6.45) is -2.47. The number of morpholine rings is 1. The van der Waals surface area contributed by atoms with Gasteiger partial charge in [-0.2, -0.15) is 0 Å². The minimum absolute atomic E-state index is 0.116. The molecule has 1 fully saturated rings. The van der Waals surface area contributed by atoms with E-state index < -0.39 is 24.8 Å². The van der Waals surface area contributed by atoms with Crippen LogP contribution in [0.1, 0.15) is 19.4 Å². The third kappa shape index (κ3) is 6.06. The number of anilines is 1. The minimum Gasteiger partial charge on any atom is -0.373 e. The smallest absolute Gasteiger partial charge is 0.313 e. The molecular weight excluding hydrogens is 332 g/mol. The lowest BCUT2D eigenvalue weighted by Crippen LogP contribution is -2.45. The van der Waals surface area contributed by atoms with E-state index in [1.807, 2.05) is 31.3 Å². The second-order valence-corrected chi connectivity index (χ2v) is 6.16. The first-order chi connectivity index (χ1) is 11.8. The molecule has 2 atom stereocenters. The van der Waals surface area contributed by atoms with E-state index >= 15 is 0 Å². The molecule has 1 saturated heterocycles. The quantitative estimate of drug-likeness (QED) is 0.788. The number of para-hydroxylation sites is 1. The Labute approximate surface area is 145 Å². The zero-order chi connectivity index (χ0) is 18.4. The Kier molecular flexibility index (Phi) is 6.83. The summed E-state index contributed by atoms with van der Waals surface area (Å²) in [4.78, 5) is 25.6. The van der Waals surface area contributed by atoms with Gasteiger partial charge in [-0.1, -0.05) is 18.2 Å². The van der Waals surface area contributed by atoms with Crippen LogP contribution in [0.4, 0.5) is 14.5 Å². The molecule has 1 aliphatic rings. The van der Waals surface area contributed by atoms with Gasteiger partial charge in [0, 0.05) is 25.3 Å². The molecule has 0 saturated carbocycles. The molecule has 0 bridgehead atoms. The number of hydrogen-bond acceptors (Lipinski definition) is 4. The number of amides is 2. The summed E-state index contributed by atoms with van der Waals surface area (Å²) in [6.45, 7) is 5.28. The van der Waals surface area contributed by atoms with Crippen molar-refractivity contribution in [2.24, 2.45) is 0 Å². The van der Waals surface area contributed by atoms with Crippen molar-refractivity contribution in [1.29, 1.82) is 0 Å². The van der Waals surface area contributed by atoms with Gasteiger partial charge in [0.1, 0.15) is 0 Å². The second-order valence-electron chi connectivity index (χ2n) is 6.16. The number of benzene rings is 1. The van der Waals surface area contributed by atoms with Crippen molar-refractivity contribution < 1.29 is 23.1 Å². The number of halogens is 2. The molecule has 25 heavy (non-hydrogen) atoms. The van der Waals surface area contributed by atoms with Gasteiger partial charge in [0.15, 0.2) is 0 Å². The first-order valence-corrected chi connectivity index (χ1v) is 8.18. The Hall–Kier alpha value is -2.06. The van der Waals surface area contributed by atoms with Crippen LogP contribution in [0.15, 0.2) is 24.3 Å². The number of nitrogens with one attached hydrogen (secondary N) is 2. The van der Waals surface area contributed by atoms with Gasteiger partial charge in [-0.25, -0.2) is 8.78 Å². The van der Waals surface area contributed by atoms with Gasteiger partial charge >= 0.3 is 11.8 Å². The molecule has 0 aromatic heterocycles. The SMILES string of the molecule is CC1CN(Cc2ccccc2NC(=O)C(=O)NCC(F)F)CC(C)O1. The maximum Gasteiger partial charge on any atom is 0.313 e. The largest absolute Gasteiger partial charge is 0.373 e. The third-order valence-electron chi connectivity index (χ3n) is 3.78. The van der Waals surface area contributed by atoms with E-state index in [0.717, 1.165) is 18.7 Å².